The first-order valence-corrected chi connectivity index (χ1v) is 16.3. The number of para-hydroxylation sites is 4. The fraction of sp³-hybridized carbons (Fsp3) is 0.0444. The average Bonchev–Trinajstić information content (AvgIpc) is 3.15. The summed E-state index contributed by atoms with van der Waals surface area (Å²) >= 11 is 0. The number of benzene rings is 7. The summed E-state index contributed by atoms with van der Waals surface area (Å²) in [6, 6.07) is 67.6. The van der Waals surface area contributed by atoms with Crippen molar-refractivity contribution >= 4 is 39.9 Å². The minimum absolute atomic E-state index is 0.0297. The number of Topliss-reactive ketones (excluding diaryl/α,β-unsaturated/α-hetero) is 1. The molecule has 7 aromatic rings. The van der Waals surface area contributed by atoms with Crippen molar-refractivity contribution in [2.45, 2.75) is 12.8 Å². The highest BCUT2D eigenvalue weighted by molar-refractivity contribution is 5.94. The second kappa shape index (κ2) is 14.1. The molecule has 48 heavy (non-hydrogen) atoms. The van der Waals surface area contributed by atoms with Gasteiger partial charge in [-0.1, -0.05) is 121 Å². The quantitative estimate of drug-likeness (QED) is 0.112. The van der Waals surface area contributed by atoms with Crippen LogP contribution in [0, 0.1) is 0 Å². The lowest BCUT2D eigenvalue weighted by Crippen LogP contribution is -2.11. The van der Waals surface area contributed by atoms with Gasteiger partial charge < -0.3 is 9.80 Å². The molecule has 0 atom stereocenters. The van der Waals surface area contributed by atoms with E-state index in [9.17, 15) is 4.79 Å². The number of hydrogen-bond donors (Lipinski definition) is 0. The summed E-state index contributed by atoms with van der Waals surface area (Å²) in [6.45, 7) is 1.61. The topological polar surface area (TPSA) is 23.6 Å². The van der Waals surface area contributed by atoms with E-state index in [0.29, 0.717) is 5.56 Å². The van der Waals surface area contributed by atoms with Crippen LogP contribution in [0.5, 0.6) is 0 Å². The molecule has 3 heteroatoms. The number of carbonyl (C=O) groups excluding carboxylic acids is 1. The van der Waals surface area contributed by atoms with Gasteiger partial charge in [0.1, 0.15) is 0 Å². The van der Waals surface area contributed by atoms with Crippen molar-refractivity contribution < 1.29 is 4.79 Å². The minimum Gasteiger partial charge on any atom is -0.311 e. The number of hydrogen-bond acceptors (Lipinski definition) is 3. The second-order valence-electron chi connectivity index (χ2n) is 11.8. The van der Waals surface area contributed by atoms with Crippen LogP contribution in [0.1, 0.15) is 39.9 Å². The Kier molecular flexibility index (Phi) is 8.93. The lowest BCUT2D eigenvalue weighted by Gasteiger charge is -2.27. The molecule has 0 aliphatic rings. The SMILES string of the molecule is CC(=O)c1ccc(C(c2ccc(N(c3ccccc3)c3ccccc3)cc2)c2ccc(N(c3ccccc3)c3ccccc3)cc2)cc1. The average molecular weight is 621 g/mol. The van der Waals surface area contributed by atoms with Crippen molar-refractivity contribution in [1.82, 2.24) is 0 Å². The van der Waals surface area contributed by atoms with E-state index in [1.165, 1.54) is 11.1 Å². The van der Waals surface area contributed by atoms with E-state index in [1.54, 1.807) is 6.92 Å². The molecule has 0 heterocycles. The Morgan fingerprint density at radius 2 is 0.604 bits per heavy atom. The van der Waals surface area contributed by atoms with Crippen LogP contribution >= 0.6 is 0 Å². The van der Waals surface area contributed by atoms with Crippen LogP contribution in [0.25, 0.3) is 0 Å². The Morgan fingerprint density at radius 1 is 0.354 bits per heavy atom. The van der Waals surface area contributed by atoms with Gasteiger partial charge in [0.2, 0.25) is 0 Å². The largest absolute Gasteiger partial charge is 0.311 e. The van der Waals surface area contributed by atoms with Crippen molar-refractivity contribution in [2.75, 3.05) is 9.80 Å². The van der Waals surface area contributed by atoms with Gasteiger partial charge in [-0.15, -0.1) is 0 Å². The molecule has 0 aromatic heterocycles. The fourth-order valence-electron chi connectivity index (χ4n) is 6.32. The monoisotopic (exact) mass is 620 g/mol. The van der Waals surface area contributed by atoms with E-state index < -0.39 is 0 Å². The number of carbonyl (C=O) groups is 1. The lowest BCUT2D eigenvalue weighted by molar-refractivity contribution is 0.101. The molecule has 0 saturated carbocycles. The zero-order valence-electron chi connectivity index (χ0n) is 26.9. The summed E-state index contributed by atoms with van der Waals surface area (Å²) in [5, 5.41) is 0. The van der Waals surface area contributed by atoms with E-state index in [0.717, 1.165) is 39.7 Å². The maximum absolute atomic E-state index is 12.1. The van der Waals surface area contributed by atoms with E-state index in [-0.39, 0.29) is 11.7 Å². The number of rotatable bonds is 10. The van der Waals surface area contributed by atoms with E-state index in [1.807, 2.05) is 36.4 Å². The van der Waals surface area contributed by atoms with Crippen LogP contribution in [-0.4, -0.2) is 5.78 Å². The van der Waals surface area contributed by atoms with Crippen molar-refractivity contribution in [3.05, 3.63) is 216 Å². The smallest absolute Gasteiger partial charge is 0.159 e. The van der Waals surface area contributed by atoms with Crippen LogP contribution < -0.4 is 9.80 Å². The van der Waals surface area contributed by atoms with E-state index >= 15 is 0 Å². The predicted octanol–water partition coefficient (Wildman–Crippen LogP) is 12.0. The molecule has 0 bridgehead atoms. The summed E-state index contributed by atoms with van der Waals surface area (Å²) in [6.07, 6.45) is 0. The molecular formula is C45H36N2O. The lowest BCUT2D eigenvalue weighted by atomic mass is 9.84. The first-order valence-electron chi connectivity index (χ1n) is 16.3. The minimum atomic E-state index is -0.0297. The Bertz CT molecular complexity index is 1850. The molecule has 0 spiro atoms. The Labute approximate surface area is 283 Å². The van der Waals surface area contributed by atoms with Crippen LogP contribution in [0.15, 0.2) is 194 Å². The molecule has 0 fully saturated rings. The molecule has 0 amide bonds. The fourth-order valence-corrected chi connectivity index (χ4v) is 6.32. The zero-order chi connectivity index (χ0) is 32.7. The van der Waals surface area contributed by atoms with Gasteiger partial charge in [0.15, 0.2) is 5.78 Å². The molecule has 7 aromatic carbocycles. The van der Waals surface area contributed by atoms with Crippen molar-refractivity contribution in [2.24, 2.45) is 0 Å². The highest BCUT2D eigenvalue weighted by atomic mass is 16.1. The van der Waals surface area contributed by atoms with E-state index in [4.69, 9.17) is 0 Å². The van der Waals surface area contributed by atoms with Gasteiger partial charge in [0, 0.05) is 45.6 Å². The highest BCUT2D eigenvalue weighted by Crippen LogP contribution is 2.39. The molecule has 0 unspecified atom stereocenters. The van der Waals surface area contributed by atoms with Gasteiger partial charge in [-0.05, 0) is 96.4 Å². The van der Waals surface area contributed by atoms with Crippen LogP contribution in [0.4, 0.5) is 34.1 Å². The molecule has 0 N–H and O–H groups in total. The van der Waals surface area contributed by atoms with Gasteiger partial charge in [-0.25, -0.2) is 0 Å². The molecule has 232 valence electrons. The molecule has 0 aliphatic carbocycles. The first kappa shape index (κ1) is 30.5. The van der Waals surface area contributed by atoms with Crippen molar-refractivity contribution in [1.29, 1.82) is 0 Å². The maximum Gasteiger partial charge on any atom is 0.159 e. The summed E-state index contributed by atoms with van der Waals surface area (Å²) in [7, 11) is 0. The maximum atomic E-state index is 12.1. The first-order chi connectivity index (χ1) is 23.7. The molecule has 0 radical (unpaired) electrons. The zero-order valence-corrected chi connectivity index (χ0v) is 26.9. The molecule has 7 rings (SSSR count). The third kappa shape index (κ3) is 6.53. The Hall–Kier alpha value is -6.19. The van der Waals surface area contributed by atoms with Gasteiger partial charge in [0.05, 0.1) is 0 Å². The summed E-state index contributed by atoms with van der Waals surface area (Å²) in [4.78, 5) is 16.7. The van der Waals surface area contributed by atoms with Crippen molar-refractivity contribution in [3.8, 4) is 0 Å². The molecular weight excluding hydrogens is 585 g/mol. The molecule has 0 aliphatic heterocycles. The Morgan fingerprint density at radius 3 is 0.875 bits per heavy atom. The van der Waals surface area contributed by atoms with Gasteiger partial charge in [-0.2, -0.15) is 0 Å². The van der Waals surface area contributed by atoms with Gasteiger partial charge in [0.25, 0.3) is 0 Å². The summed E-state index contributed by atoms with van der Waals surface area (Å²) in [5.74, 6) is 0.0357. The third-order valence-corrected chi connectivity index (χ3v) is 8.68. The summed E-state index contributed by atoms with van der Waals surface area (Å²) < 4.78 is 0. The van der Waals surface area contributed by atoms with Crippen molar-refractivity contribution in [3.63, 3.8) is 0 Å². The molecule has 3 nitrogen and oxygen atoms in total. The summed E-state index contributed by atoms with van der Waals surface area (Å²) in [5.41, 5.74) is 10.8. The number of anilines is 6. The van der Waals surface area contributed by atoms with Crippen LogP contribution in [0.3, 0.4) is 0 Å². The highest BCUT2D eigenvalue weighted by Gasteiger charge is 2.20. The Balaban J connectivity index is 1.29. The standard InChI is InChI=1S/C45H36N2O/c1-34(48)35-22-24-36(25-23-35)45(37-26-30-43(31-27-37)46(39-14-6-2-7-15-39)40-16-8-3-9-17-40)38-28-32-44(33-29-38)47(41-18-10-4-11-19-41)42-20-12-5-13-21-42/h2-33,45H,1H3. The van der Waals surface area contributed by atoms with Crippen LogP contribution in [0.2, 0.25) is 0 Å². The third-order valence-electron chi connectivity index (χ3n) is 8.68. The molecule has 0 saturated heterocycles. The predicted molar refractivity (Wildman–Crippen MR) is 200 cm³/mol. The van der Waals surface area contributed by atoms with Gasteiger partial charge in [-0.3, -0.25) is 4.79 Å². The number of ketones is 1. The second-order valence-corrected chi connectivity index (χ2v) is 11.8. The van der Waals surface area contributed by atoms with Gasteiger partial charge >= 0.3 is 0 Å². The normalized spacial score (nSPS) is 10.9. The van der Waals surface area contributed by atoms with E-state index in [2.05, 4.69) is 168 Å². The number of nitrogens with zero attached hydrogens (tertiary/aromatic N) is 2. The van der Waals surface area contributed by atoms with Crippen LogP contribution in [-0.2, 0) is 0 Å².